The minimum atomic E-state index is -3.52. The van der Waals surface area contributed by atoms with Crippen LogP contribution in [-0.4, -0.2) is 68.7 Å². The summed E-state index contributed by atoms with van der Waals surface area (Å²) >= 11 is 0. The highest BCUT2D eigenvalue weighted by Gasteiger charge is 2.30. The van der Waals surface area contributed by atoms with Crippen LogP contribution in [0, 0.1) is 0 Å². The lowest BCUT2D eigenvalue weighted by Crippen LogP contribution is -2.45. The fourth-order valence-corrected chi connectivity index (χ4v) is 5.86. The van der Waals surface area contributed by atoms with Crippen molar-refractivity contribution in [2.24, 2.45) is 0 Å². The molecule has 0 saturated heterocycles. The highest BCUT2D eigenvalue weighted by atomic mass is 31.2. The molecular weight excluding hydrogens is 591 g/mol. The van der Waals surface area contributed by atoms with Gasteiger partial charge in [0.15, 0.2) is 0 Å². The first-order valence-corrected chi connectivity index (χ1v) is 15.5. The normalized spacial score (nSPS) is 13.2. The van der Waals surface area contributed by atoms with Gasteiger partial charge >= 0.3 is 24.1 Å². The number of amides is 2. The maximum atomic E-state index is 14.0. The molecule has 0 aliphatic heterocycles. The van der Waals surface area contributed by atoms with Crippen LogP contribution >= 0.6 is 7.37 Å². The summed E-state index contributed by atoms with van der Waals surface area (Å²) < 4.78 is 39.7. The second-order valence-electron chi connectivity index (χ2n) is 11.9. The third-order valence-corrected chi connectivity index (χ3v) is 8.51. The lowest BCUT2D eigenvalue weighted by molar-refractivity contribution is -0.143. The Morgan fingerprint density at radius 3 is 1.20 bits per heavy atom. The third-order valence-electron chi connectivity index (χ3n) is 6.04. The second-order valence-corrected chi connectivity index (χ2v) is 14.4. The van der Waals surface area contributed by atoms with Crippen molar-refractivity contribution in [2.45, 2.75) is 77.7 Å². The maximum Gasteiger partial charge on any atom is 0.408 e. The summed E-state index contributed by atoms with van der Waals surface area (Å²) in [5.41, 5.74) is -0.146. The molecule has 0 heterocycles. The van der Waals surface area contributed by atoms with E-state index in [1.165, 1.54) is 21.3 Å². The van der Waals surface area contributed by atoms with Crippen LogP contribution in [0.25, 0.3) is 0 Å². The number of ether oxygens (including phenoxy) is 4. The zero-order chi connectivity index (χ0) is 33.3. The van der Waals surface area contributed by atoms with E-state index in [1.54, 1.807) is 90.1 Å². The zero-order valence-corrected chi connectivity index (χ0v) is 27.6. The van der Waals surface area contributed by atoms with Gasteiger partial charge in [0.2, 0.25) is 0 Å². The fourth-order valence-electron chi connectivity index (χ4n) is 4.06. The molecule has 0 fully saturated rings. The summed E-state index contributed by atoms with van der Waals surface area (Å²) in [6, 6.07) is 11.3. The number of nitrogens with one attached hydrogen (secondary N) is 2. The molecule has 2 amide bonds. The monoisotopic (exact) mass is 634 g/mol. The quantitative estimate of drug-likeness (QED) is 0.212. The van der Waals surface area contributed by atoms with Crippen LogP contribution in [0.15, 0.2) is 48.5 Å². The van der Waals surface area contributed by atoms with Crippen molar-refractivity contribution >= 4 is 42.1 Å². The molecule has 0 aromatic heterocycles. The van der Waals surface area contributed by atoms with Crippen molar-refractivity contribution in [3.63, 3.8) is 0 Å². The van der Waals surface area contributed by atoms with Gasteiger partial charge in [-0.15, -0.1) is 0 Å². The minimum Gasteiger partial charge on any atom is -0.467 e. The van der Waals surface area contributed by atoms with Crippen LogP contribution in [0.3, 0.4) is 0 Å². The predicted octanol–water partition coefficient (Wildman–Crippen LogP) is 3.78. The van der Waals surface area contributed by atoms with Gasteiger partial charge in [-0.1, -0.05) is 24.3 Å². The number of carbonyl (C=O) groups excluding carboxylic acids is 4. The Bertz CT molecular complexity index is 1250. The molecule has 0 aliphatic rings. The highest BCUT2D eigenvalue weighted by Crippen LogP contribution is 2.43. The van der Waals surface area contributed by atoms with Crippen LogP contribution in [0.5, 0.6) is 0 Å². The van der Waals surface area contributed by atoms with E-state index in [1.807, 2.05) is 0 Å². The number of alkyl carbamates (subject to hydrolysis) is 2. The molecule has 0 spiro atoms. The van der Waals surface area contributed by atoms with E-state index in [9.17, 15) is 23.7 Å². The van der Waals surface area contributed by atoms with Gasteiger partial charge in [0.05, 0.1) is 14.2 Å². The number of hydrogen-bond donors (Lipinski definition) is 2. The van der Waals surface area contributed by atoms with E-state index in [-0.39, 0.29) is 12.8 Å². The molecule has 44 heavy (non-hydrogen) atoms. The molecule has 2 aromatic rings. The van der Waals surface area contributed by atoms with Crippen LogP contribution in [0.1, 0.15) is 52.7 Å². The summed E-state index contributed by atoms with van der Waals surface area (Å²) in [7, 11) is 0.277. The highest BCUT2D eigenvalue weighted by molar-refractivity contribution is 7.74. The van der Waals surface area contributed by atoms with Crippen LogP contribution in [0.4, 0.5) is 9.59 Å². The molecule has 2 rings (SSSR count). The Hall–Kier alpha value is -3.89. The van der Waals surface area contributed by atoms with Gasteiger partial charge < -0.3 is 34.1 Å². The van der Waals surface area contributed by atoms with Gasteiger partial charge in [0, 0.05) is 30.6 Å². The van der Waals surface area contributed by atoms with Gasteiger partial charge in [-0.3, -0.25) is 4.57 Å². The number of rotatable bonds is 11. The van der Waals surface area contributed by atoms with Crippen LogP contribution in [-0.2, 0) is 50.5 Å². The first kappa shape index (κ1) is 36.3. The average Bonchev–Trinajstić information content (AvgIpc) is 2.94. The molecule has 12 nitrogen and oxygen atoms in total. The number of hydrogen-bond acceptors (Lipinski definition) is 10. The lowest BCUT2D eigenvalue weighted by Gasteiger charge is -2.23. The summed E-state index contributed by atoms with van der Waals surface area (Å²) in [4.78, 5) is 49.1. The number of esters is 2. The Morgan fingerprint density at radius 1 is 0.636 bits per heavy atom. The SMILES string of the molecule is COC(=O)[C@@H](Cc1ccc(P(=O)(OC)c2ccc(C[C@@H](NC(=O)OC(C)(C)C)C(=O)OC)cc2)cc1)NC(=O)OC(C)(C)C. The Balaban J connectivity index is 2.21. The average molecular weight is 635 g/mol. The second kappa shape index (κ2) is 15.2. The Morgan fingerprint density at radius 2 is 0.955 bits per heavy atom. The van der Waals surface area contributed by atoms with E-state index in [2.05, 4.69) is 10.6 Å². The molecule has 0 saturated carbocycles. The lowest BCUT2D eigenvalue weighted by atomic mass is 10.1. The smallest absolute Gasteiger partial charge is 0.408 e. The Kier molecular flexibility index (Phi) is 12.5. The molecular formula is C31H43N2O10P. The van der Waals surface area contributed by atoms with E-state index in [4.69, 9.17) is 23.5 Å². The van der Waals surface area contributed by atoms with Crippen molar-refractivity contribution in [3.8, 4) is 0 Å². The van der Waals surface area contributed by atoms with Gasteiger partial charge in [0.1, 0.15) is 23.3 Å². The third kappa shape index (κ3) is 11.0. The van der Waals surface area contributed by atoms with Gasteiger partial charge in [-0.05, 0) is 76.9 Å². The molecule has 0 aliphatic carbocycles. The van der Waals surface area contributed by atoms with Gasteiger partial charge in [-0.25, -0.2) is 19.2 Å². The summed E-state index contributed by atoms with van der Waals surface area (Å²) in [6.45, 7) is 10.3. The molecule has 242 valence electrons. The van der Waals surface area contributed by atoms with Crippen LogP contribution in [0.2, 0.25) is 0 Å². The standard InChI is InChI=1S/C31H43N2O10P/c1-30(2,3)42-28(36)32-24(26(34)39-7)18-20-10-14-22(15-11-20)44(38,41-9)23-16-12-21(13-17-23)19-25(27(35)40-8)33-29(37)43-31(4,5)6/h10-17,24-25H,18-19H2,1-9H3,(H,32,36)(H,33,37)/t24-,25-/m1/s1. The van der Waals surface area contributed by atoms with Gasteiger partial charge in [0.25, 0.3) is 7.37 Å². The molecule has 13 heteroatoms. The van der Waals surface area contributed by atoms with Crippen molar-refractivity contribution < 1.29 is 47.2 Å². The maximum absolute atomic E-state index is 14.0. The zero-order valence-electron chi connectivity index (χ0n) is 26.7. The first-order chi connectivity index (χ1) is 20.4. The Labute approximate surface area is 258 Å². The van der Waals surface area contributed by atoms with Crippen molar-refractivity contribution in [1.82, 2.24) is 10.6 Å². The minimum absolute atomic E-state index is 0.108. The molecule has 0 unspecified atom stereocenters. The van der Waals surface area contributed by atoms with Crippen molar-refractivity contribution in [3.05, 3.63) is 59.7 Å². The molecule has 0 bridgehead atoms. The number of methoxy groups -OCH3 is 2. The first-order valence-electron chi connectivity index (χ1n) is 13.9. The van der Waals surface area contributed by atoms with Gasteiger partial charge in [-0.2, -0.15) is 0 Å². The summed E-state index contributed by atoms with van der Waals surface area (Å²) in [6.07, 6.45) is -1.29. The van der Waals surface area contributed by atoms with E-state index >= 15 is 0 Å². The van der Waals surface area contributed by atoms with Crippen LogP contribution < -0.4 is 21.2 Å². The largest absolute Gasteiger partial charge is 0.467 e. The van der Waals surface area contributed by atoms with E-state index in [0.717, 1.165) is 0 Å². The van der Waals surface area contributed by atoms with E-state index in [0.29, 0.717) is 21.7 Å². The molecule has 0 radical (unpaired) electrons. The predicted molar refractivity (Wildman–Crippen MR) is 165 cm³/mol. The molecule has 2 aromatic carbocycles. The number of benzene rings is 2. The fraction of sp³-hybridized carbons (Fsp3) is 0.484. The molecule has 2 N–H and O–H groups in total. The van der Waals surface area contributed by atoms with E-state index < -0.39 is 54.8 Å². The molecule has 2 atom stereocenters. The topological polar surface area (TPSA) is 156 Å². The van der Waals surface area contributed by atoms with Crippen molar-refractivity contribution in [1.29, 1.82) is 0 Å². The summed E-state index contributed by atoms with van der Waals surface area (Å²) in [5, 5.41) is 5.87. The summed E-state index contributed by atoms with van der Waals surface area (Å²) in [5.74, 6) is -1.28. The number of carbonyl (C=O) groups is 4. The van der Waals surface area contributed by atoms with Crippen molar-refractivity contribution in [2.75, 3.05) is 21.3 Å².